The van der Waals surface area contributed by atoms with E-state index in [4.69, 9.17) is 4.74 Å². The molecule has 1 aromatic carbocycles. The third-order valence-corrected chi connectivity index (χ3v) is 5.32. The Morgan fingerprint density at radius 2 is 1.78 bits per heavy atom. The summed E-state index contributed by atoms with van der Waals surface area (Å²) >= 11 is 0. The van der Waals surface area contributed by atoms with Crippen molar-refractivity contribution in [2.45, 2.75) is 65.3 Å². The van der Waals surface area contributed by atoms with Crippen molar-refractivity contribution in [2.75, 3.05) is 26.2 Å². The minimum atomic E-state index is 0.0733. The number of hydrogen-bond donors (Lipinski definition) is 1. The first kappa shape index (κ1) is 20.2. The van der Waals surface area contributed by atoms with Crippen LogP contribution in [0.3, 0.4) is 0 Å². The molecule has 5 nitrogen and oxygen atoms in total. The molecule has 5 heteroatoms. The number of hydrogen-bond acceptors (Lipinski definition) is 3. The number of nitrogens with one attached hydrogen (secondary N) is 1. The van der Waals surface area contributed by atoms with Crippen molar-refractivity contribution in [1.29, 1.82) is 0 Å². The Morgan fingerprint density at radius 1 is 1.15 bits per heavy atom. The zero-order valence-electron chi connectivity index (χ0n) is 17.1. The molecule has 3 rings (SSSR count). The number of carbonyl (C=O) groups excluding carboxylic acids is 1. The Labute approximate surface area is 164 Å². The highest BCUT2D eigenvalue weighted by atomic mass is 16.5. The van der Waals surface area contributed by atoms with Crippen molar-refractivity contribution in [3.63, 3.8) is 0 Å². The number of rotatable bonds is 8. The number of benzene rings is 1. The van der Waals surface area contributed by atoms with Crippen LogP contribution in [0.1, 0.15) is 51.2 Å². The van der Waals surface area contributed by atoms with Crippen molar-refractivity contribution in [2.24, 2.45) is 5.92 Å². The molecule has 0 bridgehead atoms. The molecule has 2 amide bonds. The van der Waals surface area contributed by atoms with E-state index in [1.807, 2.05) is 4.90 Å². The molecule has 1 aliphatic carbocycles. The van der Waals surface area contributed by atoms with Gasteiger partial charge in [-0.25, -0.2) is 4.79 Å². The van der Waals surface area contributed by atoms with E-state index in [0.29, 0.717) is 18.8 Å². The van der Waals surface area contributed by atoms with Gasteiger partial charge in [-0.3, -0.25) is 4.90 Å². The Kier molecular flexibility index (Phi) is 7.13. The van der Waals surface area contributed by atoms with E-state index in [9.17, 15) is 4.79 Å². The van der Waals surface area contributed by atoms with Crippen molar-refractivity contribution >= 4 is 6.03 Å². The quantitative estimate of drug-likeness (QED) is 0.757. The van der Waals surface area contributed by atoms with E-state index in [-0.39, 0.29) is 6.03 Å². The molecule has 27 heavy (non-hydrogen) atoms. The molecule has 1 saturated carbocycles. The molecule has 0 aromatic heterocycles. The molecule has 1 aromatic rings. The van der Waals surface area contributed by atoms with Gasteiger partial charge in [-0.1, -0.05) is 31.2 Å². The standard InChI is InChI=1S/C22H35N3O2/c1-4-11-25(16-21-9-10-21)22(26)23-12-19-5-7-20(8-6-19)15-24-13-17(2)27-18(3)14-24/h5-8,17-18,21H,4,9-16H2,1-3H3,(H,23,26). The molecule has 2 aliphatic rings. The van der Waals surface area contributed by atoms with Gasteiger partial charge in [0.1, 0.15) is 0 Å². The Balaban J connectivity index is 1.46. The number of amides is 2. The molecule has 2 atom stereocenters. The summed E-state index contributed by atoms with van der Waals surface area (Å²) in [4.78, 5) is 16.9. The smallest absolute Gasteiger partial charge is 0.317 e. The molecule has 2 unspecified atom stereocenters. The molecular formula is C22H35N3O2. The fourth-order valence-electron chi connectivity index (χ4n) is 3.88. The van der Waals surface area contributed by atoms with Crippen LogP contribution in [0.25, 0.3) is 0 Å². The van der Waals surface area contributed by atoms with Crippen LogP contribution in [0.4, 0.5) is 4.79 Å². The van der Waals surface area contributed by atoms with Crippen molar-refractivity contribution < 1.29 is 9.53 Å². The first-order chi connectivity index (χ1) is 13.0. The fraction of sp³-hybridized carbons (Fsp3) is 0.682. The van der Waals surface area contributed by atoms with Crippen LogP contribution >= 0.6 is 0 Å². The maximum atomic E-state index is 12.5. The van der Waals surface area contributed by atoms with Crippen LogP contribution in [0, 0.1) is 5.92 Å². The van der Waals surface area contributed by atoms with Crippen LogP contribution in [0.2, 0.25) is 0 Å². The van der Waals surface area contributed by atoms with E-state index in [1.165, 1.54) is 18.4 Å². The van der Waals surface area contributed by atoms with Crippen LogP contribution in [0.15, 0.2) is 24.3 Å². The normalized spacial score (nSPS) is 23.2. The lowest BCUT2D eigenvalue weighted by atomic mass is 10.1. The molecule has 1 N–H and O–H groups in total. The van der Waals surface area contributed by atoms with Crippen LogP contribution in [-0.4, -0.2) is 54.2 Å². The van der Waals surface area contributed by atoms with Gasteiger partial charge >= 0.3 is 6.03 Å². The summed E-state index contributed by atoms with van der Waals surface area (Å²) in [6.45, 7) is 11.7. The maximum absolute atomic E-state index is 12.5. The third-order valence-electron chi connectivity index (χ3n) is 5.32. The predicted molar refractivity (Wildman–Crippen MR) is 109 cm³/mol. The monoisotopic (exact) mass is 373 g/mol. The van der Waals surface area contributed by atoms with Gasteiger partial charge in [0.2, 0.25) is 0 Å². The zero-order valence-corrected chi connectivity index (χ0v) is 17.1. The molecular weight excluding hydrogens is 338 g/mol. The minimum absolute atomic E-state index is 0.0733. The second-order valence-electron chi connectivity index (χ2n) is 8.32. The highest BCUT2D eigenvalue weighted by Crippen LogP contribution is 2.29. The van der Waals surface area contributed by atoms with E-state index in [1.54, 1.807) is 0 Å². The number of nitrogens with zero attached hydrogens (tertiary/aromatic N) is 2. The maximum Gasteiger partial charge on any atom is 0.317 e. The number of urea groups is 1. The van der Waals surface area contributed by atoms with E-state index >= 15 is 0 Å². The summed E-state index contributed by atoms with van der Waals surface area (Å²) < 4.78 is 5.81. The van der Waals surface area contributed by atoms with Gasteiger partial charge in [-0.2, -0.15) is 0 Å². The minimum Gasteiger partial charge on any atom is -0.373 e. The van der Waals surface area contributed by atoms with E-state index < -0.39 is 0 Å². The van der Waals surface area contributed by atoms with Gasteiger partial charge < -0.3 is 15.0 Å². The summed E-state index contributed by atoms with van der Waals surface area (Å²) in [5.74, 6) is 0.729. The Bertz CT molecular complexity index is 590. The first-order valence-corrected chi connectivity index (χ1v) is 10.5. The van der Waals surface area contributed by atoms with Gasteiger partial charge in [-0.15, -0.1) is 0 Å². The molecule has 0 spiro atoms. The second kappa shape index (κ2) is 9.56. The van der Waals surface area contributed by atoms with Crippen molar-refractivity contribution in [3.05, 3.63) is 35.4 Å². The lowest BCUT2D eigenvalue weighted by Crippen LogP contribution is -2.44. The Hall–Kier alpha value is -1.59. The number of morpholine rings is 1. The summed E-state index contributed by atoms with van der Waals surface area (Å²) in [5.41, 5.74) is 2.46. The number of ether oxygens (including phenoxy) is 1. The predicted octanol–water partition coefficient (Wildman–Crippen LogP) is 3.63. The lowest BCUT2D eigenvalue weighted by Gasteiger charge is -2.35. The highest BCUT2D eigenvalue weighted by Gasteiger charge is 2.26. The second-order valence-corrected chi connectivity index (χ2v) is 8.32. The van der Waals surface area contributed by atoms with Gasteiger partial charge in [0, 0.05) is 39.3 Å². The topological polar surface area (TPSA) is 44.8 Å². The summed E-state index contributed by atoms with van der Waals surface area (Å²) in [5, 5.41) is 3.09. The molecule has 2 fully saturated rings. The highest BCUT2D eigenvalue weighted by molar-refractivity contribution is 5.74. The zero-order chi connectivity index (χ0) is 19.2. The molecule has 150 valence electrons. The van der Waals surface area contributed by atoms with Crippen LogP contribution < -0.4 is 5.32 Å². The molecule has 1 saturated heterocycles. The molecule has 1 heterocycles. The average molecular weight is 374 g/mol. The van der Waals surface area contributed by atoms with Gasteiger partial charge in [0.05, 0.1) is 12.2 Å². The molecule has 1 aliphatic heterocycles. The fourth-order valence-corrected chi connectivity index (χ4v) is 3.88. The first-order valence-electron chi connectivity index (χ1n) is 10.5. The van der Waals surface area contributed by atoms with Gasteiger partial charge in [0.25, 0.3) is 0 Å². The van der Waals surface area contributed by atoms with Crippen LogP contribution in [-0.2, 0) is 17.8 Å². The van der Waals surface area contributed by atoms with Gasteiger partial charge in [-0.05, 0) is 50.2 Å². The van der Waals surface area contributed by atoms with E-state index in [2.05, 4.69) is 55.3 Å². The summed E-state index contributed by atoms with van der Waals surface area (Å²) in [7, 11) is 0. The number of carbonyl (C=O) groups is 1. The van der Waals surface area contributed by atoms with E-state index in [0.717, 1.165) is 50.6 Å². The Morgan fingerprint density at radius 3 is 2.37 bits per heavy atom. The van der Waals surface area contributed by atoms with Gasteiger partial charge in [0.15, 0.2) is 0 Å². The third kappa shape index (κ3) is 6.51. The summed E-state index contributed by atoms with van der Waals surface area (Å²) in [6.07, 6.45) is 4.15. The van der Waals surface area contributed by atoms with Crippen LogP contribution in [0.5, 0.6) is 0 Å². The molecule has 0 radical (unpaired) electrons. The van der Waals surface area contributed by atoms with Crippen molar-refractivity contribution in [1.82, 2.24) is 15.1 Å². The summed E-state index contributed by atoms with van der Waals surface area (Å²) in [6, 6.07) is 8.70. The average Bonchev–Trinajstić information content (AvgIpc) is 3.44. The largest absolute Gasteiger partial charge is 0.373 e. The van der Waals surface area contributed by atoms with Crippen molar-refractivity contribution in [3.8, 4) is 0 Å². The SMILES string of the molecule is CCCN(CC1CC1)C(=O)NCc1ccc(CN2CC(C)OC(C)C2)cc1. The lowest BCUT2D eigenvalue weighted by molar-refractivity contribution is -0.0704.